The van der Waals surface area contributed by atoms with E-state index in [2.05, 4.69) is 16.6 Å². The molecule has 0 radical (unpaired) electrons. The van der Waals surface area contributed by atoms with Crippen LogP contribution in [0.4, 0.5) is 0 Å². The second-order valence-electron chi connectivity index (χ2n) is 4.56. The monoisotopic (exact) mass is 389 g/mol. The third-order valence-corrected chi connectivity index (χ3v) is 3.51. The number of hydrogen-bond acceptors (Lipinski definition) is 7. The summed E-state index contributed by atoms with van der Waals surface area (Å²) in [6.07, 6.45) is -5.61. The lowest BCUT2D eigenvalue weighted by Gasteiger charge is -2.41. The molecule has 0 bridgehead atoms. The van der Waals surface area contributed by atoms with Crippen LogP contribution in [0.3, 0.4) is 0 Å². The number of carbonyl (C=O) groups excluding carboxylic acids is 1. The number of halogens is 3. The Morgan fingerprint density at radius 3 is 2.52 bits per heavy atom. The van der Waals surface area contributed by atoms with E-state index < -0.39 is 40.4 Å². The van der Waals surface area contributed by atoms with E-state index in [0.717, 1.165) is 6.92 Å². The lowest BCUT2D eigenvalue weighted by Crippen LogP contribution is -2.58. The maximum absolute atomic E-state index is 10.8. The molecule has 0 aliphatic carbocycles. The molecule has 1 aliphatic rings. The largest absolute Gasteiger partial charge is 0.465 e. The summed E-state index contributed by atoms with van der Waals surface area (Å²) in [5.74, 6) is -0.962. The zero-order valence-electron chi connectivity index (χ0n) is 11.8. The number of hydrogen-bond donors (Lipinski definition) is 2. The van der Waals surface area contributed by atoms with Crippen molar-refractivity contribution >= 4 is 40.8 Å². The smallest absolute Gasteiger partial charge is 0.302 e. The first-order chi connectivity index (χ1) is 10.6. The molecule has 23 heavy (non-hydrogen) atoms. The average Bonchev–Trinajstić information content (AvgIpc) is 2.44. The highest BCUT2D eigenvalue weighted by molar-refractivity contribution is 6.69. The molecule has 1 saturated heterocycles. The number of carbonyl (C=O) groups is 1. The number of rotatable bonds is 5. The SMILES string of the molecule is C=C(O[C@H]1OC(COC(C)=O)[C@@H](O)[C@H](O)C1N=[N+]=[N-])C(Cl)(Cl)Cl. The predicted molar refractivity (Wildman–Crippen MR) is 80.8 cm³/mol. The zero-order valence-corrected chi connectivity index (χ0v) is 14.1. The van der Waals surface area contributed by atoms with Gasteiger partial charge in [0.15, 0.2) is 0 Å². The molecule has 1 aliphatic heterocycles. The first kappa shape index (κ1) is 20.1. The molecule has 9 nitrogen and oxygen atoms in total. The minimum Gasteiger partial charge on any atom is -0.465 e. The molecule has 0 aromatic rings. The van der Waals surface area contributed by atoms with Crippen molar-refractivity contribution in [2.45, 2.75) is 41.4 Å². The Labute approximate surface area is 146 Å². The normalized spacial score (nSPS) is 31.0. The van der Waals surface area contributed by atoms with Crippen molar-refractivity contribution in [1.82, 2.24) is 0 Å². The molecular formula is C11H14Cl3N3O6. The molecule has 0 aromatic heterocycles. The minimum absolute atomic E-state index is 0.347. The third-order valence-electron chi connectivity index (χ3n) is 2.88. The molecule has 12 heteroatoms. The van der Waals surface area contributed by atoms with Gasteiger partial charge in [0.25, 0.3) is 0 Å². The number of aliphatic hydroxyl groups is 2. The van der Waals surface area contributed by atoms with Gasteiger partial charge in [-0.15, -0.1) is 0 Å². The van der Waals surface area contributed by atoms with Gasteiger partial charge < -0.3 is 24.4 Å². The molecular weight excluding hydrogens is 376 g/mol. The molecule has 1 heterocycles. The zero-order chi connectivity index (χ0) is 17.8. The van der Waals surface area contributed by atoms with Gasteiger partial charge in [-0.3, -0.25) is 4.79 Å². The summed E-state index contributed by atoms with van der Waals surface area (Å²) < 4.78 is 13.3. The Kier molecular flexibility index (Phi) is 7.22. The van der Waals surface area contributed by atoms with Crippen molar-refractivity contribution in [3.63, 3.8) is 0 Å². The van der Waals surface area contributed by atoms with Gasteiger partial charge in [0.1, 0.15) is 30.6 Å². The van der Waals surface area contributed by atoms with Gasteiger partial charge >= 0.3 is 5.97 Å². The lowest BCUT2D eigenvalue weighted by molar-refractivity contribution is -0.256. The number of alkyl halides is 3. The molecule has 0 saturated carbocycles. The van der Waals surface area contributed by atoms with Gasteiger partial charge in [-0.25, -0.2) is 0 Å². The topological polar surface area (TPSA) is 134 Å². The van der Waals surface area contributed by atoms with Gasteiger partial charge in [-0.05, 0) is 5.53 Å². The summed E-state index contributed by atoms with van der Waals surface area (Å²) in [4.78, 5) is 13.4. The summed E-state index contributed by atoms with van der Waals surface area (Å²) in [6.45, 7) is 4.19. The van der Waals surface area contributed by atoms with Crippen molar-refractivity contribution in [2.24, 2.45) is 5.11 Å². The molecule has 1 fully saturated rings. The van der Waals surface area contributed by atoms with Crippen LogP contribution in [-0.4, -0.2) is 57.2 Å². The fourth-order valence-electron chi connectivity index (χ4n) is 1.74. The van der Waals surface area contributed by atoms with Gasteiger partial charge in [0, 0.05) is 11.8 Å². The Morgan fingerprint density at radius 1 is 1.43 bits per heavy atom. The summed E-state index contributed by atoms with van der Waals surface area (Å²) in [5, 5.41) is 23.3. The number of allylic oxidation sites excluding steroid dienone is 1. The Bertz CT molecular complexity index is 508. The molecule has 2 N–H and O–H groups in total. The molecule has 0 spiro atoms. The minimum atomic E-state index is -1.99. The fraction of sp³-hybridized carbons (Fsp3) is 0.727. The van der Waals surface area contributed by atoms with Gasteiger partial charge in [0.2, 0.25) is 10.1 Å². The number of nitrogens with zero attached hydrogens (tertiary/aromatic N) is 3. The van der Waals surface area contributed by atoms with Gasteiger partial charge in [-0.2, -0.15) is 0 Å². The molecule has 1 rings (SSSR count). The van der Waals surface area contributed by atoms with Crippen LogP contribution in [0, 0.1) is 0 Å². The van der Waals surface area contributed by atoms with Gasteiger partial charge in [0.05, 0.1) is 6.10 Å². The van der Waals surface area contributed by atoms with Crippen LogP contribution in [0.5, 0.6) is 0 Å². The number of aliphatic hydroxyl groups excluding tert-OH is 2. The van der Waals surface area contributed by atoms with E-state index in [-0.39, 0.29) is 12.4 Å². The highest BCUT2D eigenvalue weighted by Crippen LogP contribution is 2.37. The number of azide groups is 1. The lowest BCUT2D eigenvalue weighted by atomic mass is 9.97. The maximum atomic E-state index is 10.8. The van der Waals surface area contributed by atoms with E-state index in [9.17, 15) is 15.0 Å². The van der Waals surface area contributed by atoms with Crippen molar-refractivity contribution < 1.29 is 29.2 Å². The van der Waals surface area contributed by atoms with Crippen LogP contribution in [0.15, 0.2) is 17.5 Å². The Morgan fingerprint density at radius 2 is 2.04 bits per heavy atom. The van der Waals surface area contributed by atoms with E-state index in [0.29, 0.717) is 0 Å². The molecule has 2 unspecified atom stereocenters. The summed E-state index contributed by atoms with van der Waals surface area (Å²) >= 11 is 16.8. The first-order valence-corrected chi connectivity index (χ1v) is 7.33. The molecule has 0 aromatic carbocycles. The van der Waals surface area contributed by atoms with E-state index in [1.807, 2.05) is 0 Å². The van der Waals surface area contributed by atoms with Gasteiger partial charge in [-0.1, -0.05) is 46.5 Å². The average molecular weight is 391 g/mol. The van der Waals surface area contributed by atoms with Crippen molar-refractivity contribution in [2.75, 3.05) is 6.61 Å². The Hall–Kier alpha value is -0.930. The summed E-state index contributed by atoms with van der Waals surface area (Å²) in [6, 6.07) is -1.34. The van der Waals surface area contributed by atoms with Crippen LogP contribution in [0.1, 0.15) is 6.92 Å². The molecule has 0 amide bonds. The van der Waals surface area contributed by atoms with Crippen LogP contribution in [0.25, 0.3) is 10.4 Å². The van der Waals surface area contributed by atoms with Crippen LogP contribution in [-0.2, 0) is 19.0 Å². The predicted octanol–water partition coefficient (Wildman–Crippen LogP) is 1.58. The van der Waals surface area contributed by atoms with Crippen molar-refractivity contribution in [3.05, 3.63) is 22.8 Å². The van der Waals surface area contributed by atoms with Crippen molar-refractivity contribution in [1.29, 1.82) is 0 Å². The van der Waals surface area contributed by atoms with Crippen molar-refractivity contribution in [3.8, 4) is 0 Å². The standard InChI is InChI=1S/C11H14Cl3N3O6/c1-4(11(12,13)14)22-10-7(16-17-15)9(20)8(19)6(23-10)3-21-5(2)18/h6-10,19-20H,1,3H2,2H3/t6?,7?,8-,9-,10+/m1/s1. The van der Waals surface area contributed by atoms with E-state index in [1.165, 1.54) is 0 Å². The van der Waals surface area contributed by atoms with Crippen LogP contribution < -0.4 is 0 Å². The molecule has 5 atom stereocenters. The second kappa shape index (κ2) is 8.25. The van der Waals surface area contributed by atoms with Crippen LogP contribution >= 0.6 is 34.8 Å². The highest BCUT2D eigenvalue weighted by atomic mass is 35.6. The van der Waals surface area contributed by atoms with E-state index in [1.54, 1.807) is 0 Å². The Balaban J connectivity index is 2.94. The fourth-order valence-corrected chi connectivity index (χ4v) is 1.87. The number of esters is 1. The summed E-state index contributed by atoms with van der Waals surface area (Å²) in [5.41, 5.74) is 8.56. The second-order valence-corrected chi connectivity index (χ2v) is 6.84. The van der Waals surface area contributed by atoms with Crippen LogP contribution in [0.2, 0.25) is 0 Å². The van der Waals surface area contributed by atoms with E-state index >= 15 is 0 Å². The first-order valence-electron chi connectivity index (χ1n) is 6.19. The maximum Gasteiger partial charge on any atom is 0.302 e. The third kappa shape index (κ3) is 5.58. The quantitative estimate of drug-likeness (QED) is 0.183. The highest BCUT2D eigenvalue weighted by Gasteiger charge is 2.47. The molecule has 130 valence electrons. The summed E-state index contributed by atoms with van der Waals surface area (Å²) in [7, 11) is 0. The van der Waals surface area contributed by atoms with E-state index in [4.69, 9.17) is 54.5 Å². The number of ether oxygens (including phenoxy) is 3.